The molecule has 0 radical (unpaired) electrons. The molecular formula is C33H43N3O7S. The molecule has 0 aliphatic carbocycles. The molecule has 1 unspecified atom stereocenters. The van der Waals surface area contributed by atoms with Gasteiger partial charge in [0.15, 0.2) is 11.5 Å². The minimum absolute atomic E-state index is 0.0756. The van der Waals surface area contributed by atoms with E-state index in [2.05, 4.69) is 5.32 Å². The van der Waals surface area contributed by atoms with Crippen LogP contribution in [0.15, 0.2) is 65.6 Å². The highest BCUT2D eigenvalue weighted by molar-refractivity contribution is 7.92. The van der Waals surface area contributed by atoms with Crippen molar-refractivity contribution >= 4 is 27.5 Å². The number of methoxy groups -OCH3 is 3. The number of hydrogen-bond acceptors (Lipinski definition) is 7. The molecule has 0 aliphatic heterocycles. The lowest BCUT2D eigenvalue weighted by Gasteiger charge is -2.33. The van der Waals surface area contributed by atoms with Crippen molar-refractivity contribution in [3.05, 3.63) is 77.4 Å². The first kappa shape index (κ1) is 34.2. The van der Waals surface area contributed by atoms with Gasteiger partial charge in [0.05, 0.1) is 31.9 Å². The molecule has 11 heteroatoms. The highest BCUT2D eigenvalue weighted by Crippen LogP contribution is 2.33. The van der Waals surface area contributed by atoms with Gasteiger partial charge in [0.2, 0.25) is 11.8 Å². The number of nitrogens with zero attached hydrogens (tertiary/aromatic N) is 2. The SMILES string of the molecule is CCC(C(=O)NC(C)C)N(Cc1ccc(OC)cc1)C(=O)CN(c1cc(C)cc(C)c1)S(=O)(=O)c1ccc(OC)c(OC)c1. The average Bonchev–Trinajstić information content (AvgIpc) is 2.98. The summed E-state index contributed by atoms with van der Waals surface area (Å²) in [5.41, 5.74) is 2.75. The third kappa shape index (κ3) is 8.22. The summed E-state index contributed by atoms with van der Waals surface area (Å²) < 4.78 is 45.6. The molecule has 1 N–H and O–H groups in total. The molecule has 3 aromatic carbocycles. The highest BCUT2D eigenvalue weighted by atomic mass is 32.2. The molecular weight excluding hydrogens is 582 g/mol. The molecule has 238 valence electrons. The first-order valence-corrected chi connectivity index (χ1v) is 15.8. The summed E-state index contributed by atoms with van der Waals surface area (Å²) in [6.45, 7) is 8.78. The van der Waals surface area contributed by atoms with Gasteiger partial charge in [0.25, 0.3) is 10.0 Å². The van der Waals surface area contributed by atoms with Crippen LogP contribution in [0.5, 0.6) is 17.2 Å². The maximum atomic E-state index is 14.3. The number of nitrogens with one attached hydrogen (secondary N) is 1. The van der Waals surface area contributed by atoms with E-state index in [1.54, 1.807) is 31.4 Å². The van der Waals surface area contributed by atoms with Crippen molar-refractivity contribution in [3.63, 3.8) is 0 Å². The maximum absolute atomic E-state index is 14.3. The second-order valence-electron chi connectivity index (χ2n) is 10.8. The molecule has 0 bridgehead atoms. The van der Waals surface area contributed by atoms with Gasteiger partial charge in [-0.2, -0.15) is 0 Å². The molecule has 0 aliphatic rings. The topological polar surface area (TPSA) is 114 Å². The molecule has 0 aromatic heterocycles. The van der Waals surface area contributed by atoms with E-state index < -0.39 is 28.5 Å². The lowest BCUT2D eigenvalue weighted by Crippen LogP contribution is -2.53. The van der Waals surface area contributed by atoms with Crippen molar-refractivity contribution in [2.75, 3.05) is 32.2 Å². The second-order valence-corrected chi connectivity index (χ2v) is 12.7. The summed E-state index contributed by atoms with van der Waals surface area (Å²) in [5, 5.41) is 2.90. The van der Waals surface area contributed by atoms with Crippen molar-refractivity contribution in [1.82, 2.24) is 10.2 Å². The minimum Gasteiger partial charge on any atom is -0.497 e. The van der Waals surface area contributed by atoms with E-state index in [9.17, 15) is 18.0 Å². The minimum atomic E-state index is -4.29. The van der Waals surface area contributed by atoms with Gasteiger partial charge in [-0.3, -0.25) is 13.9 Å². The van der Waals surface area contributed by atoms with Gasteiger partial charge in [0, 0.05) is 18.7 Å². The van der Waals surface area contributed by atoms with E-state index in [-0.39, 0.29) is 29.1 Å². The van der Waals surface area contributed by atoms with Crippen molar-refractivity contribution in [2.24, 2.45) is 0 Å². The lowest BCUT2D eigenvalue weighted by molar-refractivity contribution is -0.140. The summed E-state index contributed by atoms with van der Waals surface area (Å²) in [5.74, 6) is 0.406. The fourth-order valence-corrected chi connectivity index (χ4v) is 6.37. The van der Waals surface area contributed by atoms with Crippen molar-refractivity contribution < 1.29 is 32.2 Å². The molecule has 0 saturated carbocycles. The molecule has 3 aromatic rings. The number of aryl methyl sites for hydroxylation is 2. The molecule has 0 fully saturated rings. The van der Waals surface area contributed by atoms with Gasteiger partial charge in [0.1, 0.15) is 18.3 Å². The quantitative estimate of drug-likeness (QED) is 0.272. The summed E-state index contributed by atoms with van der Waals surface area (Å²) >= 11 is 0. The van der Waals surface area contributed by atoms with Crippen molar-refractivity contribution in [2.45, 2.75) is 64.6 Å². The van der Waals surface area contributed by atoms with E-state index in [4.69, 9.17) is 14.2 Å². The van der Waals surface area contributed by atoms with Gasteiger partial charge < -0.3 is 24.4 Å². The molecule has 1 atom stereocenters. The van der Waals surface area contributed by atoms with Crippen LogP contribution in [-0.4, -0.2) is 65.1 Å². The second kappa shape index (κ2) is 15.0. The smallest absolute Gasteiger partial charge is 0.264 e. The Labute approximate surface area is 261 Å². The van der Waals surface area contributed by atoms with Gasteiger partial charge in [-0.05, 0) is 87.2 Å². The zero-order valence-corrected chi connectivity index (χ0v) is 27.5. The van der Waals surface area contributed by atoms with Crippen LogP contribution in [0.3, 0.4) is 0 Å². The van der Waals surface area contributed by atoms with Gasteiger partial charge >= 0.3 is 0 Å². The molecule has 10 nitrogen and oxygen atoms in total. The third-order valence-corrected chi connectivity index (χ3v) is 8.81. The van der Waals surface area contributed by atoms with E-state index in [0.717, 1.165) is 21.0 Å². The number of carbonyl (C=O) groups is 2. The zero-order valence-electron chi connectivity index (χ0n) is 26.7. The Bertz CT molecular complexity index is 1540. The van der Waals surface area contributed by atoms with E-state index >= 15 is 0 Å². The predicted molar refractivity (Wildman–Crippen MR) is 171 cm³/mol. The molecule has 2 amide bonds. The summed E-state index contributed by atoms with van der Waals surface area (Å²) in [6, 6.07) is 15.8. The third-order valence-electron chi connectivity index (χ3n) is 7.05. The van der Waals surface area contributed by atoms with Gasteiger partial charge in [-0.1, -0.05) is 25.1 Å². The number of carbonyl (C=O) groups excluding carboxylic acids is 2. The van der Waals surface area contributed by atoms with Gasteiger partial charge in [-0.25, -0.2) is 8.42 Å². The first-order valence-electron chi connectivity index (χ1n) is 14.4. The fraction of sp³-hybridized carbons (Fsp3) is 0.394. The molecule has 44 heavy (non-hydrogen) atoms. The monoisotopic (exact) mass is 625 g/mol. The Hall–Kier alpha value is -4.25. The fourth-order valence-electron chi connectivity index (χ4n) is 4.96. The van der Waals surface area contributed by atoms with E-state index in [1.165, 1.54) is 37.3 Å². The molecule has 3 rings (SSSR count). The molecule has 0 heterocycles. The van der Waals surface area contributed by atoms with Crippen LogP contribution < -0.4 is 23.8 Å². The van der Waals surface area contributed by atoms with Crippen LogP contribution >= 0.6 is 0 Å². The summed E-state index contributed by atoms with van der Waals surface area (Å²) in [6.07, 6.45) is 0.326. The normalized spacial score (nSPS) is 11.9. The maximum Gasteiger partial charge on any atom is 0.264 e. The van der Waals surface area contributed by atoms with Crippen LogP contribution in [0.1, 0.15) is 43.9 Å². The Morgan fingerprint density at radius 3 is 1.98 bits per heavy atom. The van der Waals surface area contributed by atoms with Crippen LogP contribution in [0.4, 0.5) is 5.69 Å². The van der Waals surface area contributed by atoms with Crippen molar-refractivity contribution in [1.29, 1.82) is 0 Å². The number of rotatable bonds is 14. The number of sulfonamides is 1. The Kier molecular flexibility index (Phi) is 11.6. The van der Waals surface area contributed by atoms with Crippen LogP contribution in [0, 0.1) is 13.8 Å². The van der Waals surface area contributed by atoms with E-state index in [0.29, 0.717) is 23.6 Å². The first-order chi connectivity index (χ1) is 20.8. The number of hydrogen-bond donors (Lipinski definition) is 1. The number of amides is 2. The average molecular weight is 626 g/mol. The van der Waals surface area contributed by atoms with Crippen LogP contribution in [0.2, 0.25) is 0 Å². The van der Waals surface area contributed by atoms with E-state index in [1.807, 2.05) is 52.8 Å². The Morgan fingerprint density at radius 2 is 1.45 bits per heavy atom. The molecule has 0 saturated heterocycles. The Balaban J connectivity index is 2.13. The lowest BCUT2D eigenvalue weighted by atomic mass is 10.1. The standard InChI is InChI=1S/C33H43N3O7S/c1-9-29(33(38)34-22(2)3)35(20-25-10-12-27(41-6)13-11-25)32(37)21-36(26-17-23(4)16-24(5)18-26)44(39,40)28-14-15-30(42-7)31(19-28)43-8/h10-19,22,29H,9,20-21H2,1-8H3,(H,34,38). The van der Waals surface area contributed by atoms with Crippen LogP contribution in [0.25, 0.3) is 0 Å². The highest BCUT2D eigenvalue weighted by Gasteiger charge is 2.34. The summed E-state index contributed by atoms with van der Waals surface area (Å²) in [4.78, 5) is 29.0. The largest absolute Gasteiger partial charge is 0.497 e. The molecule has 0 spiro atoms. The van der Waals surface area contributed by atoms with Crippen molar-refractivity contribution in [3.8, 4) is 17.2 Å². The number of anilines is 1. The Morgan fingerprint density at radius 1 is 0.841 bits per heavy atom. The zero-order chi connectivity index (χ0) is 32.6. The van der Waals surface area contributed by atoms with Gasteiger partial charge in [-0.15, -0.1) is 0 Å². The van der Waals surface area contributed by atoms with Crippen LogP contribution in [-0.2, 0) is 26.2 Å². The summed E-state index contributed by atoms with van der Waals surface area (Å²) in [7, 11) is 0.152. The number of benzene rings is 3. The number of ether oxygens (including phenoxy) is 3. The predicted octanol–water partition coefficient (Wildman–Crippen LogP) is 4.86.